The van der Waals surface area contributed by atoms with Crippen LogP contribution in [-0.2, 0) is 0 Å². The van der Waals surface area contributed by atoms with Crippen LogP contribution in [0.2, 0.25) is 0 Å². The second-order valence-corrected chi connectivity index (χ2v) is 6.60. The fourth-order valence-electron chi connectivity index (χ4n) is 2.42. The molecule has 1 aromatic carbocycles. The van der Waals surface area contributed by atoms with Crippen molar-refractivity contribution in [2.45, 2.75) is 6.04 Å². The van der Waals surface area contributed by atoms with Crippen molar-refractivity contribution in [3.63, 3.8) is 0 Å². The Balaban J connectivity index is 1.82. The largest absolute Gasteiger partial charge is 0.324 e. The maximum atomic E-state index is 4.34. The van der Waals surface area contributed by atoms with E-state index in [4.69, 9.17) is 0 Å². The predicted octanol–water partition coefficient (Wildman–Crippen LogP) is 4.16. The number of nitrogens with one attached hydrogen (secondary N) is 1. The molecule has 1 N–H and O–H groups in total. The topological polar surface area (TPSA) is 42.7 Å². The van der Waals surface area contributed by atoms with Crippen molar-refractivity contribution < 1.29 is 0 Å². The molecule has 0 saturated carbocycles. The highest BCUT2D eigenvalue weighted by Crippen LogP contribution is 2.34. The third-order valence-electron chi connectivity index (χ3n) is 3.38. The molecular formula is C15H11BrN4S. The van der Waals surface area contributed by atoms with Crippen molar-refractivity contribution in [3.8, 4) is 0 Å². The number of halogens is 1. The Bertz CT molecular complexity index is 807. The van der Waals surface area contributed by atoms with Gasteiger partial charge in [-0.05, 0) is 35.2 Å². The number of thiophene rings is 1. The number of aromatic nitrogens is 3. The van der Waals surface area contributed by atoms with E-state index in [1.807, 2.05) is 16.8 Å². The van der Waals surface area contributed by atoms with Gasteiger partial charge in [-0.15, -0.1) is 11.3 Å². The molecule has 0 fully saturated rings. The van der Waals surface area contributed by atoms with Gasteiger partial charge in [0.2, 0.25) is 5.95 Å². The highest BCUT2D eigenvalue weighted by molar-refractivity contribution is 9.10. The standard InChI is InChI=1S/C15H11BrN4S/c16-11-4-1-3-10(7-11)12-8-13(14-5-2-6-21-14)20-15(19-12)17-9-18-20/h1-9,13H,(H,17,18,19)/t13-/m1/s1. The summed E-state index contributed by atoms with van der Waals surface area (Å²) in [5, 5.41) is 9.77. The molecule has 3 heterocycles. The maximum absolute atomic E-state index is 4.34. The van der Waals surface area contributed by atoms with Crippen molar-refractivity contribution in [3.05, 3.63) is 69.1 Å². The minimum absolute atomic E-state index is 0.0812. The molecule has 3 aromatic rings. The number of hydrogen-bond acceptors (Lipinski definition) is 4. The summed E-state index contributed by atoms with van der Waals surface area (Å²) in [6.45, 7) is 0. The quantitative estimate of drug-likeness (QED) is 0.747. The fourth-order valence-corrected chi connectivity index (χ4v) is 3.60. The van der Waals surface area contributed by atoms with Gasteiger partial charge >= 0.3 is 0 Å². The summed E-state index contributed by atoms with van der Waals surface area (Å²) in [5.41, 5.74) is 2.18. The zero-order valence-corrected chi connectivity index (χ0v) is 13.3. The Hall–Kier alpha value is -1.92. The van der Waals surface area contributed by atoms with Crippen LogP contribution in [0.4, 0.5) is 5.95 Å². The van der Waals surface area contributed by atoms with Gasteiger partial charge in [-0.25, -0.2) is 4.68 Å². The van der Waals surface area contributed by atoms with Crippen molar-refractivity contribution in [2.75, 3.05) is 5.32 Å². The van der Waals surface area contributed by atoms with E-state index in [1.165, 1.54) is 4.88 Å². The lowest BCUT2D eigenvalue weighted by Crippen LogP contribution is -2.19. The normalized spacial score (nSPS) is 17.0. The van der Waals surface area contributed by atoms with Crippen LogP contribution < -0.4 is 5.32 Å². The van der Waals surface area contributed by atoms with Crippen LogP contribution in [0, 0.1) is 0 Å². The summed E-state index contributed by atoms with van der Waals surface area (Å²) in [6, 6.07) is 12.5. The van der Waals surface area contributed by atoms with Crippen LogP contribution in [0.25, 0.3) is 5.70 Å². The Morgan fingerprint density at radius 3 is 3.00 bits per heavy atom. The van der Waals surface area contributed by atoms with Crippen LogP contribution in [0.1, 0.15) is 16.5 Å². The van der Waals surface area contributed by atoms with Crippen LogP contribution in [0.3, 0.4) is 0 Å². The van der Waals surface area contributed by atoms with Crippen LogP contribution in [0.5, 0.6) is 0 Å². The van der Waals surface area contributed by atoms with Crippen molar-refractivity contribution in [1.29, 1.82) is 0 Å². The molecule has 2 aromatic heterocycles. The summed E-state index contributed by atoms with van der Waals surface area (Å²) < 4.78 is 2.97. The average molecular weight is 359 g/mol. The molecular weight excluding hydrogens is 348 g/mol. The predicted molar refractivity (Wildman–Crippen MR) is 88.2 cm³/mol. The molecule has 0 spiro atoms. The van der Waals surface area contributed by atoms with Crippen LogP contribution >= 0.6 is 27.3 Å². The lowest BCUT2D eigenvalue weighted by molar-refractivity contribution is 0.620. The Morgan fingerprint density at radius 1 is 1.24 bits per heavy atom. The van der Waals surface area contributed by atoms with Gasteiger partial charge in [-0.1, -0.05) is 34.1 Å². The molecule has 1 aliphatic heterocycles. The van der Waals surface area contributed by atoms with Gasteiger partial charge < -0.3 is 5.32 Å². The molecule has 0 amide bonds. The minimum atomic E-state index is 0.0812. The third kappa shape index (κ3) is 2.30. The zero-order chi connectivity index (χ0) is 14.2. The molecule has 0 aliphatic carbocycles. The lowest BCUT2D eigenvalue weighted by Gasteiger charge is -2.23. The zero-order valence-electron chi connectivity index (χ0n) is 10.9. The Morgan fingerprint density at radius 2 is 2.19 bits per heavy atom. The molecule has 6 heteroatoms. The molecule has 4 nitrogen and oxygen atoms in total. The van der Waals surface area contributed by atoms with Crippen LogP contribution in [-0.4, -0.2) is 14.8 Å². The average Bonchev–Trinajstić information content (AvgIpc) is 3.17. The van der Waals surface area contributed by atoms with E-state index >= 15 is 0 Å². The lowest BCUT2D eigenvalue weighted by atomic mass is 10.1. The van der Waals surface area contributed by atoms with Gasteiger partial charge in [0, 0.05) is 15.0 Å². The summed E-state index contributed by atoms with van der Waals surface area (Å²) in [6.07, 6.45) is 3.77. The first kappa shape index (κ1) is 12.8. The van der Waals surface area contributed by atoms with E-state index in [1.54, 1.807) is 17.7 Å². The first-order valence-electron chi connectivity index (χ1n) is 6.49. The molecule has 1 aliphatic rings. The van der Waals surface area contributed by atoms with Crippen molar-refractivity contribution >= 4 is 38.9 Å². The van der Waals surface area contributed by atoms with E-state index in [2.05, 4.69) is 67.1 Å². The summed E-state index contributed by atoms with van der Waals surface area (Å²) in [7, 11) is 0. The molecule has 21 heavy (non-hydrogen) atoms. The number of fused-ring (bicyclic) bond motifs is 1. The van der Waals surface area contributed by atoms with Gasteiger partial charge in [0.1, 0.15) is 12.4 Å². The van der Waals surface area contributed by atoms with Gasteiger partial charge in [0.15, 0.2) is 0 Å². The molecule has 4 rings (SSSR count). The fraction of sp³-hybridized carbons (Fsp3) is 0.0667. The molecule has 1 atom stereocenters. The highest BCUT2D eigenvalue weighted by atomic mass is 79.9. The van der Waals surface area contributed by atoms with Gasteiger partial charge in [-0.3, -0.25) is 0 Å². The molecule has 0 bridgehead atoms. The van der Waals surface area contributed by atoms with Gasteiger partial charge in [0.05, 0.1) is 0 Å². The molecule has 104 valence electrons. The first-order valence-corrected chi connectivity index (χ1v) is 8.16. The van der Waals surface area contributed by atoms with Crippen molar-refractivity contribution in [1.82, 2.24) is 14.8 Å². The Labute approximate surface area is 134 Å². The molecule has 0 radical (unpaired) electrons. The van der Waals surface area contributed by atoms with E-state index < -0.39 is 0 Å². The summed E-state index contributed by atoms with van der Waals surface area (Å²) >= 11 is 5.25. The van der Waals surface area contributed by atoms with Gasteiger partial charge in [0.25, 0.3) is 0 Å². The molecule has 0 unspecified atom stereocenters. The smallest absolute Gasteiger partial charge is 0.226 e. The van der Waals surface area contributed by atoms with E-state index in [0.29, 0.717) is 0 Å². The van der Waals surface area contributed by atoms with E-state index in [-0.39, 0.29) is 6.04 Å². The molecule has 0 saturated heterocycles. The van der Waals surface area contributed by atoms with Gasteiger partial charge in [-0.2, -0.15) is 10.1 Å². The first-order chi connectivity index (χ1) is 10.3. The number of anilines is 1. The highest BCUT2D eigenvalue weighted by Gasteiger charge is 2.23. The number of nitrogens with zero attached hydrogens (tertiary/aromatic N) is 3. The summed E-state index contributed by atoms with van der Waals surface area (Å²) in [4.78, 5) is 5.55. The van der Waals surface area contributed by atoms with E-state index in [9.17, 15) is 0 Å². The number of benzene rings is 1. The Kier molecular flexibility index (Phi) is 3.12. The third-order valence-corrected chi connectivity index (χ3v) is 4.81. The number of hydrogen-bond donors (Lipinski definition) is 1. The van der Waals surface area contributed by atoms with Crippen LogP contribution in [0.15, 0.2) is 58.7 Å². The monoisotopic (exact) mass is 358 g/mol. The number of allylic oxidation sites excluding steroid dienone is 1. The number of rotatable bonds is 2. The second kappa shape index (κ2) is 5.13. The minimum Gasteiger partial charge on any atom is -0.324 e. The maximum Gasteiger partial charge on any atom is 0.226 e. The second-order valence-electron chi connectivity index (χ2n) is 4.70. The van der Waals surface area contributed by atoms with E-state index in [0.717, 1.165) is 21.7 Å². The summed E-state index contributed by atoms with van der Waals surface area (Å²) in [5.74, 6) is 0.769. The SMILES string of the molecule is Brc1cccc(C2=C[C@H](c3cccs3)n3ncnc3N2)c1. The van der Waals surface area contributed by atoms with Crippen molar-refractivity contribution in [2.24, 2.45) is 0 Å².